The summed E-state index contributed by atoms with van der Waals surface area (Å²) in [5.74, 6) is 0. The molecule has 0 radical (unpaired) electrons. The minimum Gasteiger partial charge on any atom is -0.351 e. The highest BCUT2D eigenvalue weighted by molar-refractivity contribution is 7.94. The molecule has 6 rings (SSSR count). The molecule has 3 aromatic heterocycles. The lowest BCUT2D eigenvalue weighted by molar-refractivity contribution is 0.294. The molecule has 1 unspecified atom stereocenters. The van der Waals surface area contributed by atoms with Crippen molar-refractivity contribution in [1.29, 1.82) is 0 Å². The van der Waals surface area contributed by atoms with Crippen molar-refractivity contribution in [3.8, 4) is 10.7 Å². The summed E-state index contributed by atoms with van der Waals surface area (Å²) in [6.45, 7) is 5.76. The number of H-pyrrole nitrogens is 1. The first kappa shape index (κ1) is 25.5. The number of rotatable bonds is 8. The molecule has 1 fully saturated rings. The van der Waals surface area contributed by atoms with Crippen molar-refractivity contribution in [1.82, 2.24) is 14.9 Å². The van der Waals surface area contributed by atoms with Crippen LogP contribution in [0.4, 0.5) is 5.69 Å². The second-order valence-electron chi connectivity index (χ2n) is 10.1. The lowest BCUT2D eigenvalue weighted by Crippen LogP contribution is -2.36. The van der Waals surface area contributed by atoms with Crippen LogP contribution in [-0.2, 0) is 16.6 Å². The van der Waals surface area contributed by atoms with Crippen LogP contribution in [0.1, 0.15) is 44.4 Å². The standard InChI is InChI=1S/C28H31N5O2S3/c1-19(2)33(38(34,35)26-12-7-15-36-26)25-10-5-8-20-16-23(31-27(20)25)28-30-17-21(37-28)18-32-14-6-11-24(32)22-9-3-4-13-29-22/h4-5,7-8,10,12-13,15-17,19,24,31H,3,6,9,11,14,18H2,1-2H3. The van der Waals surface area contributed by atoms with E-state index in [0.29, 0.717) is 15.9 Å². The molecule has 1 aromatic carbocycles. The van der Waals surface area contributed by atoms with Crippen molar-refractivity contribution in [2.45, 2.75) is 62.4 Å². The molecular weight excluding hydrogens is 535 g/mol. The third-order valence-electron chi connectivity index (χ3n) is 7.15. The zero-order valence-corrected chi connectivity index (χ0v) is 24.0. The van der Waals surface area contributed by atoms with Crippen molar-refractivity contribution in [3.05, 3.63) is 65.1 Å². The third kappa shape index (κ3) is 4.75. The molecule has 7 nitrogen and oxygen atoms in total. The van der Waals surface area contributed by atoms with E-state index in [1.807, 2.05) is 44.4 Å². The van der Waals surface area contributed by atoms with Crippen LogP contribution in [0.15, 0.2) is 69.5 Å². The highest BCUT2D eigenvalue weighted by Gasteiger charge is 2.31. The predicted molar refractivity (Wildman–Crippen MR) is 158 cm³/mol. The van der Waals surface area contributed by atoms with E-state index in [4.69, 9.17) is 4.98 Å². The van der Waals surface area contributed by atoms with Gasteiger partial charge in [-0.1, -0.05) is 24.3 Å². The highest BCUT2D eigenvalue weighted by Crippen LogP contribution is 2.37. The van der Waals surface area contributed by atoms with Gasteiger partial charge < -0.3 is 4.98 Å². The Morgan fingerprint density at radius 3 is 2.89 bits per heavy atom. The summed E-state index contributed by atoms with van der Waals surface area (Å²) in [5.41, 5.74) is 3.66. The first-order valence-electron chi connectivity index (χ1n) is 13.0. The Morgan fingerprint density at radius 1 is 1.24 bits per heavy atom. The highest BCUT2D eigenvalue weighted by atomic mass is 32.2. The number of aliphatic imine (C=N–C) groups is 1. The topological polar surface area (TPSA) is 81.7 Å². The largest absolute Gasteiger partial charge is 0.351 e. The number of nitrogens with one attached hydrogen (secondary N) is 1. The van der Waals surface area contributed by atoms with Crippen LogP contribution in [0, 0.1) is 0 Å². The number of aromatic nitrogens is 2. The molecular formula is C28H31N5O2S3. The fourth-order valence-electron chi connectivity index (χ4n) is 5.50. The molecule has 0 spiro atoms. The fourth-order valence-corrected chi connectivity index (χ4v) is 9.16. The Hall–Kier alpha value is -2.79. The Kier molecular flexibility index (Phi) is 6.98. The monoisotopic (exact) mass is 565 g/mol. The number of hydrogen-bond donors (Lipinski definition) is 1. The lowest BCUT2D eigenvalue weighted by atomic mass is 10.0. The molecule has 1 atom stereocenters. The van der Waals surface area contributed by atoms with Gasteiger partial charge in [0.2, 0.25) is 0 Å². The number of likely N-dealkylation sites (tertiary alicyclic amines) is 1. The second kappa shape index (κ2) is 10.4. The van der Waals surface area contributed by atoms with Crippen LogP contribution in [0.5, 0.6) is 0 Å². The molecule has 1 saturated heterocycles. The maximum atomic E-state index is 13.6. The summed E-state index contributed by atoms with van der Waals surface area (Å²) in [6, 6.07) is 11.5. The molecule has 0 aliphatic carbocycles. The quantitative estimate of drug-likeness (QED) is 0.259. The summed E-state index contributed by atoms with van der Waals surface area (Å²) in [6.07, 6.45) is 10.6. The Morgan fingerprint density at radius 2 is 2.13 bits per heavy atom. The number of fused-ring (bicyclic) bond motifs is 1. The Bertz CT molecular complexity index is 1600. The van der Waals surface area contributed by atoms with E-state index in [1.165, 1.54) is 39.1 Å². The van der Waals surface area contributed by atoms with Crippen LogP contribution < -0.4 is 4.31 Å². The van der Waals surface area contributed by atoms with Gasteiger partial charge in [0.05, 0.1) is 16.9 Å². The molecule has 2 aliphatic rings. The van der Waals surface area contributed by atoms with Gasteiger partial charge in [0.25, 0.3) is 10.0 Å². The molecule has 4 aromatic rings. The number of thiophene rings is 1. The van der Waals surface area contributed by atoms with Crippen LogP contribution in [0.25, 0.3) is 21.6 Å². The number of anilines is 1. The summed E-state index contributed by atoms with van der Waals surface area (Å²) >= 11 is 2.93. The molecule has 38 heavy (non-hydrogen) atoms. The normalized spacial score (nSPS) is 18.5. The molecule has 198 valence electrons. The number of allylic oxidation sites excluding steroid dienone is 1. The summed E-state index contributed by atoms with van der Waals surface area (Å²) in [7, 11) is -3.68. The van der Waals surface area contributed by atoms with E-state index < -0.39 is 10.0 Å². The average molecular weight is 566 g/mol. The van der Waals surface area contributed by atoms with Gasteiger partial charge in [0, 0.05) is 47.0 Å². The first-order chi connectivity index (χ1) is 18.4. The molecule has 5 heterocycles. The maximum absolute atomic E-state index is 13.6. The fraction of sp³-hybridized carbons (Fsp3) is 0.357. The van der Waals surface area contributed by atoms with E-state index in [0.717, 1.165) is 47.5 Å². The van der Waals surface area contributed by atoms with E-state index in [2.05, 4.69) is 27.0 Å². The number of hydrogen-bond acceptors (Lipinski definition) is 7. The van der Waals surface area contributed by atoms with Gasteiger partial charge in [-0.15, -0.1) is 22.7 Å². The van der Waals surface area contributed by atoms with Crippen LogP contribution in [0.3, 0.4) is 0 Å². The lowest BCUT2D eigenvalue weighted by Gasteiger charge is -2.28. The second-order valence-corrected chi connectivity index (χ2v) is 14.2. The van der Waals surface area contributed by atoms with Gasteiger partial charge in [0.15, 0.2) is 0 Å². The van der Waals surface area contributed by atoms with Gasteiger partial charge >= 0.3 is 0 Å². The number of nitrogens with zero attached hydrogens (tertiary/aromatic N) is 4. The van der Waals surface area contributed by atoms with Crippen LogP contribution >= 0.6 is 22.7 Å². The minimum atomic E-state index is -3.68. The number of aromatic amines is 1. The molecule has 0 bridgehead atoms. The number of thiazole rings is 1. The Labute approximate surface area is 231 Å². The summed E-state index contributed by atoms with van der Waals surface area (Å²) in [4.78, 5) is 16.7. The van der Waals surface area contributed by atoms with E-state index in [1.54, 1.807) is 28.8 Å². The van der Waals surface area contributed by atoms with Crippen molar-refractivity contribution < 1.29 is 8.42 Å². The van der Waals surface area contributed by atoms with Crippen molar-refractivity contribution in [3.63, 3.8) is 0 Å². The molecule has 0 amide bonds. The van der Waals surface area contributed by atoms with E-state index >= 15 is 0 Å². The first-order valence-corrected chi connectivity index (χ1v) is 16.2. The van der Waals surface area contributed by atoms with Crippen LogP contribution in [0.2, 0.25) is 0 Å². The summed E-state index contributed by atoms with van der Waals surface area (Å²) < 4.78 is 29.0. The zero-order valence-electron chi connectivity index (χ0n) is 21.5. The molecule has 1 N–H and O–H groups in total. The SMILES string of the molecule is CC(C)N(c1cccc2cc(-c3ncc(CN4CCCC4C4=NC=CCC4)s3)[nH]c12)S(=O)(=O)c1cccs1. The molecule has 0 saturated carbocycles. The number of benzene rings is 1. The maximum Gasteiger partial charge on any atom is 0.274 e. The van der Waals surface area contributed by atoms with E-state index in [9.17, 15) is 8.42 Å². The van der Waals surface area contributed by atoms with Crippen molar-refractivity contribution in [2.75, 3.05) is 10.8 Å². The van der Waals surface area contributed by atoms with Gasteiger partial charge in [-0.3, -0.25) is 14.2 Å². The summed E-state index contributed by atoms with van der Waals surface area (Å²) in [5, 5.41) is 3.67. The predicted octanol–water partition coefficient (Wildman–Crippen LogP) is 6.67. The smallest absolute Gasteiger partial charge is 0.274 e. The van der Waals surface area contributed by atoms with Crippen molar-refractivity contribution in [2.24, 2.45) is 4.99 Å². The van der Waals surface area contributed by atoms with Crippen LogP contribution in [-0.4, -0.2) is 47.6 Å². The number of para-hydroxylation sites is 1. The van der Waals surface area contributed by atoms with Gasteiger partial charge in [0.1, 0.15) is 9.22 Å². The van der Waals surface area contributed by atoms with Crippen molar-refractivity contribution >= 4 is 55.0 Å². The average Bonchev–Trinajstić information content (AvgIpc) is 3.71. The van der Waals surface area contributed by atoms with Gasteiger partial charge in [-0.05, 0) is 69.7 Å². The van der Waals surface area contributed by atoms with Gasteiger partial charge in [-0.25, -0.2) is 13.4 Å². The zero-order chi connectivity index (χ0) is 26.3. The van der Waals surface area contributed by atoms with Gasteiger partial charge in [-0.2, -0.15) is 0 Å². The van der Waals surface area contributed by atoms with E-state index in [-0.39, 0.29) is 6.04 Å². The third-order valence-corrected chi connectivity index (χ3v) is 11.5. The number of sulfonamides is 1. The molecule has 2 aliphatic heterocycles. The molecule has 10 heteroatoms. The minimum absolute atomic E-state index is 0.247. The Balaban J connectivity index is 1.29.